The van der Waals surface area contributed by atoms with Crippen LogP contribution in [0, 0.1) is 0 Å². The Balaban J connectivity index is -0.00000112. The topological polar surface area (TPSA) is 37.3 Å². The average molecular weight is 292 g/mol. The van der Waals surface area contributed by atoms with Gasteiger partial charge < -0.3 is 5.11 Å². The number of carboxylic acids is 1. The van der Waals surface area contributed by atoms with Crippen molar-refractivity contribution in [2.75, 3.05) is 0 Å². The van der Waals surface area contributed by atoms with Crippen molar-refractivity contribution in [3.8, 4) is 0 Å². The van der Waals surface area contributed by atoms with Gasteiger partial charge in [0.15, 0.2) is 0 Å². The SMILES string of the molecule is CCCCCCCCCCCCCC(=O)O.[KH].[NaH]. The fraction of sp³-hybridized carbons (Fsp3) is 0.929. The van der Waals surface area contributed by atoms with Crippen LogP contribution in [-0.4, -0.2) is 92.0 Å². The van der Waals surface area contributed by atoms with Gasteiger partial charge in [-0.2, -0.15) is 0 Å². The number of carbonyl (C=O) groups is 1. The molecule has 2 nitrogen and oxygen atoms in total. The van der Waals surface area contributed by atoms with Gasteiger partial charge in [-0.05, 0) is 6.42 Å². The zero-order valence-corrected chi connectivity index (χ0v) is 10.8. The molecule has 0 aliphatic carbocycles. The third kappa shape index (κ3) is 23.2. The molecule has 0 radical (unpaired) electrons. The second-order valence-electron chi connectivity index (χ2n) is 4.68. The van der Waals surface area contributed by atoms with Crippen LogP contribution >= 0.6 is 0 Å². The summed E-state index contributed by atoms with van der Waals surface area (Å²) in [7, 11) is 0. The summed E-state index contributed by atoms with van der Waals surface area (Å²) in [4.78, 5) is 10.3. The molecule has 4 heteroatoms. The molecule has 0 spiro atoms. The summed E-state index contributed by atoms with van der Waals surface area (Å²) in [6.45, 7) is 2.25. The molecule has 0 atom stereocenters. The van der Waals surface area contributed by atoms with Crippen LogP contribution in [0.3, 0.4) is 0 Å². The van der Waals surface area contributed by atoms with E-state index in [1.165, 1.54) is 57.8 Å². The van der Waals surface area contributed by atoms with E-state index in [0.29, 0.717) is 6.42 Å². The van der Waals surface area contributed by atoms with Crippen LogP contribution in [0.5, 0.6) is 0 Å². The van der Waals surface area contributed by atoms with Crippen LogP contribution in [0.1, 0.15) is 84.0 Å². The van der Waals surface area contributed by atoms with Crippen molar-refractivity contribution in [3.63, 3.8) is 0 Å². The fourth-order valence-electron chi connectivity index (χ4n) is 1.94. The number of hydrogen-bond acceptors (Lipinski definition) is 1. The average Bonchev–Trinajstić information content (AvgIpc) is 2.25. The van der Waals surface area contributed by atoms with Crippen molar-refractivity contribution in [1.82, 2.24) is 0 Å². The third-order valence-corrected chi connectivity index (χ3v) is 2.99. The molecule has 0 unspecified atom stereocenters. The van der Waals surface area contributed by atoms with E-state index in [1.54, 1.807) is 0 Å². The zero-order chi connectivity index (χ0) is 12.1. The van der Waals surface area contributed by atoms with Crippen molar-refractivity contribution >= 4 is 86.9 Å². The molecule has 0 aromatic rings. The van der Waals surface area contributed by atoms with Crippen LogP contribution < -0.4 is 0 Å². The van der Waals surface area contributed by atoms with Crippen molar-refractivity contribution in [1.29, 1.82) is 0 Å². The van der Waals surface area contributed by atoms with E-state index in [4.69, 9.17) is 5.11 Å². The van der Waals surface area contributed by atoms with Gasteiger partial charge in [0, 0.05) is 6.42 Å². The summed E-state index contributed by atoms with van der Waals surface area (Å²) in [5, 5.41) is 8.46. The molecule has 0 bridgehead atoms. The van der Waals surface area contributed by atoms with E-state index in [9.17, 15) is 4.79 Å². The summed E-state index contributed by atoms with van der Waals surface area (Å²) in [5.41, 5.74) is 0. The van der Waals surface area contributed by atoms with Gasteiger partial charge in [0.25, 0.3) is 0 Å². The predicted molar refractivity (Wildman–Crippen MR) is 83.0 cm³/mol. The minimum atomic E-state index is -0.657. The van der Waals surface area contributed by atoms with E-state index in [-0.39, 0.29) is 80.9 Å². The first kappa shape index (κ1) is 25.1. The second-order valence-corrected chi connectivity index (χ2v) is 4.68. The van der Waals surface area contributed by atoms with Gasteiger partial charge in [0.1, 0.15) is 0 Å². The maximum absolute atomic E-state index is 10.3. The predicted octanol–water partition coefficient (Wildman–Crippen LogP) is 3.48. The Labute approximate surface area is 178 Å². The first-order chi connectivity index (χ1) is 7.77. The van der Waals surface area contributed by atoms with Crippen LogP contribution in [0.25, 0.3) is 0 Å². The molecule has 0 heterocycles. The zero-order valence-electron chi connectivity index (χ0n) is 10.8. The molecule has 0 saturated carbocycles. The molecule has 100 valence electrons. The van der Waals surface area contributed by atoms with E-state index in [2.05, 4.69) is 6.92 Å². The first-order valence-corrected chi connectivity index (χ1v) is 6.99. The van der Waals surface area contributed by atoms with Gasteiger partial charge in [-0.25, -0.2) is 0 Å². The van der Waals surface area contributed by atoms with Crippen molar-refractivity contribution in [2.24, 2.45) is 0 Å². The number of carboxylic acid groups (broad SMARTS) is 1. The van der Waals surface area contributed by atoms with E-state index in [0.717, 1.165) is 12.8 Å². The van der Waals surface area contributed by atoms with Crippen molar-refractivity contribution < 1.29 is 9.90 Å². The van der Waals surface area contributed by atoms with E-state index in [1.807, 2.05) is 0 Å². The summed E-state index contributed by atoms with van der Waals surface area (Å²) in [5.74, 6) is -0.657. The second kappa shape index (κ2) is 21.4. The Morgan fingerprint density at radius 2 is 1.11 bits per heavy atom. The Bertz CT molecular complexity index is 166. The summed E-state index contributed by atoms with van der Waals surface area (Å²) in [6, 6.07) is 0. The third-order valence-electron chi connectivity index (χ3n) is 2.99. The molecular formula is C14H30KNaO2. The Hall–Kier alpha value is 2.11. The van der Waals surface area contributed by atoms with Crippen LogP contribution in [0.4, 0.5) is 0 Å². The molecule has 0 rings (SSSR count). The van der Waals surface area contributed by atoms with Crippen LogP contribution in [-0.2, 0) is 4.79 Å². The fourth-order valence-corrected chi connectivity index (χ4v) is 1.94. The molecule has 0 saturated heterocycles. The molecule has 0 aromatic carbocycles. The molecular weight excluding hydrogens is 262 g/mol. The van der Waals surface area contributed by atoms with Gasteiger partial charge in [-0.1, -0.05) is 71.1 Å². The number of aliphatic carboxylic acids is 1. The number of hydrogen-bond donors (Lipinski definition) is 1. The van der Waals surface area contributed by atoms with Gasteiger partial charge in [0.2, 0.25) is 0 Å². The molecule has 0 fully saturated rings. The monoisotopic (exact) mass is 292 g/mol. The summed E-state index contributed by atoms with van der Waals surface area (Å²) < 4.78 is 0. The minimum absolute atomic E-state index is 0. The number of unbranched alkanes of at least 4 members (excludes halogenated alkanes) is 10. The van der Waals surface area contributed by atoms with Gasteiger partial charge in [-0.3, -0.25) is 4.79 Å². The molecule has 1 N–H and O–H groups in total. The van der Waals surface area contributed by atoms with Gasteiger partial charge in [-0.15, -0.1) is 0 Å². The van der Waals surface area contributed by atoms with Crippen LogP contribution in [0.2, 0.25) is 0 Å². The Kier molecular flexibility index (Phi) is 29.8. The Morgan fingerprint density at radius 1 is 0.778 bits per heavy atom. The summed E-state index contributed by atoms with van der Waals surface area (Å²) >= 11 is 0. The van der Waals surface area contributed by atoms with Gasteiger partial charge in [0.05, 0.1) is 0 Å². The molecule has 18 heavy (non-hydrogen) atoms. The van der Waals surface area contributed by atoms with Crippen LogP contribution in [0.15, 0.2) is 0 Å². The maximum atomic E-state index is 10.3. The normalized spacial score (nSPS) is 9.39. The quantitative estimate of drug-likeness (QED) is 0.442. The van der Waals surface area contributed by atoms with Crippen molar-refractivity contribution in [2.45, 2.75) is 84.0 Å². The van der Waals surface area contributed by atoms with E-state index < -0.39 is 5.97 Å². The Morgan fingerprint density at radius 3 is 1.44 bits per heavy atom. The number of rotatable bonds is 12. The van der Waals surface area contributed by atoms with Crippen molar-refractivity contribution in [3.05, 3.63) is 0 Å². The molecule has 0 amide bonds. The first-order valence-electron chi connectivity index (χ1n) is 6.99. The van der Waals surface area contributed by atoms with Gasteiger partial charge >= 0.3 is 86.9 Å². The molecule has 0 aliphatic rings. The van der Waals surface area contributed by atoms with E-state index >= 15 is 0 Å². The molecule has 0 aromatic heterocycles. The standard InChI is InChI=1S/C14H28O2.K.Na.2H/c1-2-3-4-5-6-7-8-9-10-11-12-13-14(15)16;;;;/h2-13H2,1H3,(H,15,16);;;;. The molecule has 0 aliphatic heterocycles. The summed E-state index contributed by atoms with van der Waals surface area (Å²) in [6.07, 6.45) is 14.4.